The molecule has 60 heavy (non-hydrogen) atoms. The Balaban J connectivity index is 0.928. The third kappa shape index (κ3) is 4.66. The molecule has 0 radical (unpaired) electrons. The van der Waals surface area contributed by atoms with E-state index < -0.39 is 0 Å². The predicted octanol–water partition coefficient (Wildman–Crippen LogP) is 15.4. The van der Waals surface area contributed by atoms with E-state index in [2.05, 4.69) is 205 Å². The van der Waals surface area contributed by atoms with E-state index in [4.69, 9.17) is 4.42 Å². The third-order valence-electron chi connectivity index (χ3n) is 13.3. The van der Waals surface area contributed by atoms with Gasteiger partial charge in [-0.3, -0.25) is 0 Å². The van der Waals surface area contributed by atoms with Gasteiger partial charge in [0.05, 0.1) is 22.1 Å². The van der Waals surface area contributed by atoms with Gasteiger partial charge in [-0.1, -0.05) is 129 Å². The van der Waals surface area contributed by atoms with E-state index in [-0.39, 0.29) is 5.41 Å². The van der Waals surface area contributed by atoms with Crippen LogP contribution in [0.1, 0.15) is 25.0 Å². The Bertz CT molecular complexity index is 3760. The van der Waals surface area contributed by atoms with Gasteiger partial charge in [0, 0.05) is 49.1 Å². The summed E-state index contributed by atoms with van der Waals surface area (Å²) in [5.41, 5.74) is 19.1. The van der Waals surface area contributed by atoms with E-state index in [1.165, 1.54) is 93.8 Å². The molecule has 13 rings (SSSR count). The molecular weight excluding hydrogens is 729 g/mol. The van der Waals surface area contributed by atoms with Crippen molar-refractivity contribution in [3.8, 4) is 44.8 Å². The van der Waals surface area contributed by atoms with Gasteiger partial charge >= 0.3 is 0 Å². The van der Waals surface area contributed by atoms with E-state index in [1.807, 2.05) is 12.1 Å². The zero-order chi connectivity index (χ0) is 39.7. The molecule has 3 heteroatoms. The summed E-state index contributed by atoms with van der Waals surface area (Å²) in [4.78, 5) is 0. The Hall–Kier alpha value is -7.62. The number of benzene rings is 9. The van der Waals surface area contributed by atoms with Crippen LogP contribution in [-0.4, -0.2) is 9.13 Å². The largest absolute Gasteiger partial charge is 0.456 e. The highest BCUT2D eigenvalue weighted by Gasteiger charge is 2.35. The second-order valence-corrected chi connectivity index (χ2v) is 16.9. The van der Waals surface area contributed by atoms with Gasteiger partial charge in [0.1, 0.15) is 11.2 Å². The molecule has 0 bridgehead atoms. The summed E-state index contributed by atoms with van der Waals surface area (Å²) in [5.74, 6) is 0. The van der Waals surface area contributed by atoms with Crippen molar-refractivity contribution < 1.29 is 4.42 Å². The highest BCUT2D eigenvalue weighted by Crippen LogP contribution is 2.49. The highest BCUT2D eigenvalue weighted by atomic mass is 16.3. The second-order valence-electron chi connectivity index (χ2n) is 16.9. The lowest BCUT2D eigenvalue weighted by Crippen LogP contribution is -2.15. The van der Waals surface area contributed by atoms with Gasteiger partial charge in [0.15, 0.2) is 0 Å². The molecule has 0 amide bonds. The predicted molar refractivity (Wildman–Crippen MR) is 251 cm³/mol. The molecule has 1 aliphatic rings. The molecule has 0 spiro atoms. The molecule has 3 aromatic heterocycles. The topological polar surface area (TPSA) is 23.0 Å². The molecule has 0 fully saturated rings. The van der Waals surface area contributed by atoms with E-state index in [1.54, 1.807) is 0 Å². The lowest BCUT2D eigenvalue weighted by molar-refractivity contribution is 0.660. The van der Waals surface area contributed by atoms with Gasteiger partial charge < -0.3 is 13.6 Å². The minimum atomic E-state index is -0.0658. The van der Waals surface area contributed by atoms with Crippen molar-refractivity contribution in [1.29, 1.82) is 0 Å². The van der Waals surface area contributed by atoms with Crippen molar-refractivity contribution in [2.24, 2.45) is 0 Å². The van der Waals surface area contributed by atoms with Crippen LogP contribution in [0.15, 0.2) is 199 Å². The molecule has 282 valence electrons. The van der Waals surface area contributed by atoms with E-state index >= 15 is 0 Å². The molecule has 0 unspecified atom stereocenters. The number of nitrogens with zero attached hydrogens (tertiary/aromatic N) is 2. The highest BCUT2D eigenvalue weighted by molar-refractivity contribution is 6.13. The molecule has 1 aliphatic carbocycles. The zero-order valence-corrected chi connectivity index (χ0v) is 33.3. The summed E-state index contributed by atoms with van der Waals surface area (Å²) in [7, 11) is 0. The first-order valence-electron chi connectivity index (χ1n) is 20.8. The van der Waals surface area contributed by atoms with Crippen LogP contribution in [0.5, 0.6) is 0 Å². The Morgan fingerprint density at radius 3 is 1.57 bits per heavy atom. The van der Waals surface area contributed by atoms with Gasteiger partial charge in [-0.15, -0.1) is 0 Å². The molecular formula is C57H38N2O. The van der Waals surface area contributed by atoms with Gasteiger partial charge in [-0.05, 0) is 123 Å². The lowest BCUT2D eigenvalue weighted by Gasteiger charge is -2.22. The van der Waals surface area contributed by atoms with E-state index in [0.717, 1.165) is 27.6 Å². The fraction of sp³-hybridized carbons (Fsp3) is 0.0526. The number of para-hydroxylation sites is 3. The van der Waals surface area contributed by atoms with Crippen LogP contribution in [0.4, 0.5) is 0 Å². The maximum absolute atomic E-state index is 6.15. The number of hydrogen-bond donors (Lipinski definition) is 0. The van der Waals surface area contributed by atoms with Crippen LogP contribution in [0, 0.1) is 0 Å². The minimum Gasteiger partial charge on any atom is -0.456 e. The van der Waals surface area contributed by atoms with Crippen LogP contribution in [0.3, 0.4) is 0 Å². The Kier molecular flexibility index (Phi) is 6.78. The smallest absolute Gasteiger partial charge is 0.135 e. The maximum atomic E-state index is 6.15. The maximum Gasteiger partial charge on any atom is 0.135 e. The number of furan rings is 1. The summed E-state index contributed by atoms with van der Waals surface area (Å²) in [5, 5.41) is 7.28. The molecule has 0 saturated heterocycles. The van der Waals surface area contributed by atoms with Crippen molar-refractivity contribution in [3.63, 3.8) is 0 Å². The van der Waals surface area contributed by atoms with Crippen LogP contribution >= 0.6 is 0 Å². The standard InChI is InChI=1S/C57H38N2O/c1-57(2)49-18-7-3-14-41(49)42-26-25-40(34-50(42)57)59-52-20-9-5-16-44(52)47-32-37(23-28-54(47)59)36-22-27-53-46(31-36)43-15-4-8-19-51(43)58(53)39-13-11-12-35(30-39)38-24-29-56-48(33-38)45-17-6-10-21-55(45)60-56/h3-34H,1-2H3. The zero-order valence-electron chi connectivity index (χ0n) is 33.3. The second kappa shape index (κ2) is 12.2. The number of hydrogen-bond acceptors (Lipinski definition) is 1. The van der Waals surface area contributed by atoms with Crippen molar-refractivity contribution in [3.05, 3.63) is 205 Å². The van der Waals surface area contributed by atoms with Crippen LogP contribution in [0.25, 0.3) is 110 Å². The van der Waals surface area contributed by atoms with E-state index in [9.17, 15) is 0 Å². The van der Waals surface area contributed by atoms with Crippen LogP contribution in [-0.2, 0) is 5.41 Å². The number of fused-ring (bicyclic) bond motifs is 12. The monoisotopic (exact) mass is 766 g/mol. The fourth-order valence-corrected chi connectivity index (χ4v) is 10.4. The van der Waals surface area contributed by atoms with Gasteiger partial charge in [0.25, 0.3) is 0 Å². The average Bonchev–Trinajstić information content (AvgIpc) is 4.01. The lowest BCUT2D eigenvalue weighted by atomic mass is 9.82. The van der Waals surface area contributed by atoms with Gasteiger partial charge in [0.2, 0.25) is 0 Å². The minimum absolute atomic E-state index is 0.0658. The Labute approximate surface area is 347 Å². The normalized spacial score (nSPS) is 13.3. The Morgan fingerprint density at radius 1 is 0.333 bits per heavy atom. The SMILES string of the molecule is CC1(C)c2ccccc2-c2ccc(-n3c4ccccc4c4cc(-c5ccc6c(c5)c5ccccc5n6-c5cccc(-c6ccc7oc8ccccc8c7c6)c5)ccc43)cc21. The van der Waals surface area contributed by atoms with Crippen molar-refractivity contribution >= 4 is 65.6 Å². The summed E-state index contributed by atoms with van der Waals surface area (Å²) < 4.78 is 11.0. The van der Waals surface area contributed by atoms with Crippen molar-refractivity contribution in [1.82, 2.24) is 9.13 Å². The van der Waals surface area contributed by atoms with Crippen molar-refractivity contribution in [2.45, 2.75) is 19.3 Å². The summed E-state index contributed by atoms with van der Waals surface area (Å²) >= 11 is 0. The van der Waals surface area contributed by atoms with E-state index in [0.29, 0.717) is 0 Å². The van der Waals surface area contributed by atoms with Crippen LogP contribution < -0.4 is 0 Å². The summed E-state index contributed by atoms with van der Waals surface area (Å²) in [6.07, 6.45) is 0. The third-order valence-corrected chi connectivity index (χ3v) is 13.3. The molecule has 0 atom stereocenters. The van der Waals surface area contributed by atoms with Gasteiger partial charge in [-0.25, -0.2) is 0 Å². The molecule has 0 saturated carbocycles. The summed E-state index contributed by atoms with van der Waals surface area (Å²) in [6, 6.07) is 71.3. The molecule has 9 aromatic carbocycles. The summed E-state index contributed by atoms with van der Waals surface area (Å²) in [6.45, 7) is 4.71. The first-order valence-corrected chi connectivity index (χ1v) is 20.8. The fourth-order valence-electron chi connectivity index (χ4n) is 10.4. The first-order chi connectivity index (χ1) is 29.5. The number of aromatic nitrogens is 2. The number of rotatable bonds is 4. The molecule has 3 nitrogen and oxygen atoms in total. The molecule has 0 N–H and O–H groups in total. The first kappa shape index (κ1) is 33.4. The van der Waals surface area contributed by atoms with Crippen LogP contribution in [0.2, 0.25) is 0 Å². The van der Waals surface area contributed by atoms with Gasteiger partial charge in [-0.2, -0.15) is 0 Å². The Morgan fingerprint density at radius 2 is 0.850 bits per heavy atom. The average molecular weight is 767 g/mol. The molecule has 3 heterocycles. The molecule has 12 aromatic rings. The quantitative estimate of drug-likeness (QED) is 0.175. The molecule has 0 aliphatic heterocycles. The van der Waals surface area contributed by atoms with Crippen molar-refractivity contribution in [2.75, 3.05) is 0 Å².